The van der Waals surface area contributed by atoms with E-state index in [1.54, 1.807) is 34.7 Å². The summed E-state index contributed by atoms with van der Waals surface area (Å²) in [6.45, 7) is 12.8. The van der Waals surface area contributed by atoms with Gasteiger partial charge in [0.15, 0.2) is 10.9 Å². The number of nitriles is 1. The molecule has 0 spiro atoms. The van der Waals surface area contributed by atoms with E-state index in [0.717, 1.165) is 33.8 Å². The summed E-state index contributed by atoms with van der Waals surface area (Å²) < 4.78 is 73.6. The summed E-state index contributed by atoms with van der Waals surface area (Å²) in [5.74, 6) is -3.51. The summed E-state index contributed by atoms with van der Waals surface area (Å²) in [6, 6.07) is 12.4. The number of alkyl halides is 3. The number of aromatic nitrogens is 2. The summed E-state index contributed by atoms with van der Waals surface area (Å²) in [5, 5.41) is 14.7. The Kier molecular flexibility index (Phi) is 15.9. The molecule has 2 aliphatic heterocycles. The highest BCUT2D eigenvalue weighted by atomic mass is 32.1. The Labute approximate surface area is 400 Å². The van der Waals surface area contributed by atoms with Gasteiger partial charge in [-0.15, -0.1) is 11.3 Å². The van der Waals surface area contributed by atoms with Gasteiger partial charge in [-0.2, -0.15) is 18.4 Å². The zero-order chi connectivity index (χ0) is 49.7. The van der Waals surface area contributed by atoms with Crippen LogP contribution in [0.2, 0.25) is 0 Å². The van der Waals surface area contributed by atoms with Crippen LogP contribution in [-0.4, -0.2) is 101 Å². The summed E-state index contributed by atoms with van der Waals surface area (Å²) in [6.07, 6.45) is -4.05. The first-order valence-corrected chi connectivity index (χ1v) is 23.0. The average Bonchev–Trinajstić information content (AvgIpc) is 3.99. The molecule has 0 radical (unpaired) electrons. The van der Waals surface area contributed by atoms with Crippen molar-refractivity contribution in [2.24, 2.45) is 5.41 Å². The van der Waals surface area contributed by atoms with Crippen LogP contribution in [0.5, 0.6) is 5.88 Å². The number of rotatable bonds is 17. The standard InChI is InChI=1S/C47H52F4N8O7S2/c1-27-32(59-44(67)58(43(63)46(59,6)7)33-15-14-31(23-52)37(38(33)48)47(49,50)51)16-17-36(55-27)66-22-21-64-19-20-65-25-35(60)56-40(45(3,4)5)42(62)57-18-8-9-34(57)41(61)53-24-29-10-12-30(13-11-29)39-28(2)54-26-68-39/h10-17,26,34,40H,8-9,18-22,24-25H2,1-7H3,(H,53,61)(H,56,60)/t34-,40+/m0/s1. The number of thiazole rings is 1. The smallest absolute Gasteiger partial charge is 0.420 e. The van der Waals surface area contributed by atoms with Crippen molar-refractivity contribution in [3.63, 3.8) is 0 Å². The first kappa shape index (κ1) is 51.3. The number of hydrogen-bond acceptors (Lipinski definition) is 12. The first-order chi connectivity index (χ1) is 32.1. The van der Waals surface area contributed by atoms with Crippen LogP contribution in [0.4, 0.5) is 28.9 Å². The van der Waals surface area contributed by atoms with E-state index in [1.807, 2.05) is 52.0 Å². The average molecular weight is 981 g/mol. The van der Waals surface area contributed by atoms with Crippen LogP contribution in [0, 0.1) is 36.4 Å². The van der Waals surface area contributed by atoms with E-state index in [2.05, 4.69) is 20.6 Å². The molecular formula is C47H52F4N8O7S2. The Balaban J connectivity index is 0.934. The monoisotopic (exact) mass is 980 g/mol. The number of likely N-dealkylation sites (tertiary alicyclic amines) is 1. The maximum absolute atomic E-state index is 15.4. The second kappa shape index (κ2) is 21.1. The number of anilines is 2. The van der Waals surface area contributed by atoms with Gasteiger partial charge < -0.3 is 34.6 Å². The third-order valence-electron chi connectivity index (χ3n) is 11.5. The summed E-state index contributed by atoms with van der Waals surface area (Å²) >= 11 is 7.10. The molecule has 0 saturated carbocycles. The van der Waals surface area contributed by atoms with Crippen LogP contribution in [-0.2, 0) is 41.4 Å². The van der Waals surface area contributed by atoms with Crippen molar-refractivity contribution < 1.29 is 51.0 Å². The lowest BCUT2D eigenvalue weighted by Crippen LogP contribution is -2.58. The van der Waals surface area contributed by atoms with E-state index >= 15 is 4.39 Å². The van der Waals surface area contributed by atoms with Gasteiger partial charge in [0.2, 0.25) is 23.6 Å². The molecule has 2 saturated heterocycles. The maximum Gasteiger partial charge on any atom is 0.420 e. The van der Waals surface area contributed by atoms with Crippen LogP contribution in [0.25, 0.3) is 10.4 Å². The van der Waals surface area contributed by atoms with Crippen molar-refractivity contribution in [3.05, 3.63) is 87.9 Å². The topological polar surface area (TPSA) is 179 Å². The van der Waals surface area contributed by atoms with Crippen LogP contribution >= 0.6 is 23.6 Å². The van der Waals surface area contributed by atoms with Crippen LogP contribution in [0.15, 0.2) is 54.0 Å². The number of halogens is 4. The summed E-state index contributed by atoms with van der Waals surface area (Å²) in [4.78, 5) is 67.3. The van der Waals surface area contributed by atoms with Gasteiger partial charge in [-0.3, -0.25) is 24.1 Å². The van der Waals surface area contributed by atoms with Gasteiger partial charge in [0.25, 0.3) is 5.91 Å². The zero-order valence-electron chi connectivity index (χ0n) is 38.6. The largest absolute Gasteiger partial charge is 0.475 e. The SMILES string of the molecule is Cc1nc(OCCOCCOCC(=O)N[C@H](C(=O)N2CCC[C@H]2C(=O)NCc2ccc(-c3scnc3C)cc2)C(C)(C)C)ccc1N1C(=S)N(c2ccc(C#N)c(C(F)(F)F)c2F)C(=O)C1(C)C. The van der Waals surface area contributed by atoms with E-state index in [1.165, 1.54) is 30.9 Å². The molecule has 4 aromatic rings. The number of nitrogens with one attached hydrogen (secondary N) is 2. The third kappa shape index (κ3) is 11.3. The van der Waals surface area contributed by atoms with Crippen molar-refractivity contribution >= 4 is 63.7 Å². The van der Waals surface area contributed by atoms with Gasteiger partial charge in [0, 0.05) is 19.2 Å². The number of thiocarbonyl (C=S) groups is 1. The normalized spacial score (nSPS) is 16.5. The van der Waals surface area contributed by atoms with E-state index in [4.69, 9.17) is 26.4 Å². The van der Waals surface area contributed by atoms with E-state index in [9.17, 15) is 37.6 Å². The minimum absolute atomic E-state index is 0.0563. The molecule has 0 bridgehead atoms. The van der Waals surface area contributed by atoms with E-state index < -0.39 is 63.7 Å². The lowest BCUT2D eigenvalue weighted by Gasteiger charge is -2.35. The zero-order valence-corrected chi connectivity index (χ0v) is 40.2. The van der Waals surface area contributed by atoms with Crippen molar-refractivity contribution in [1.82, 2.24) is 25.5 Å². The molecule has 2 aromatic carbocycles. The number of aryl methyl sites for hydroxylation is 2. The fourth-order valence-electron chi connectivity index (χ4n) is 7.94. The molecule has 362 valence electrons. The molecule has 4 amide bonds. The molecule has 2 aliphatic rings. The molecule has 0 unspecified atom stereocenters. The summed E-state index contributed by atoms with van der Waals surface area (Å²) in [5.41, 5.74) is -0.213. The predicted octanol–water partition coefficient (Wildman–Crippen LogP) is 7.02. The third-order valence-corrected chi connectivity index (χ3v) is 12.8. The van der Waals surface area contributed by atoms with Crippen molar-refractivity contribution in [2.45, 2.75) is 91.7 Å². The number of pyridine rings is 1. The van der Waals surface area contributed by atoms with Gasteiger partial charge in [-0.1, -0.05) is 45.0 Å². The molecule has 15 nitrogen and oxygen atoms in total. The molecule has 2 aromatic heterocycles. The number of carbonyl (C=O) groups excluding carboxylic acids is 4. The van der Waals surface area contributed by atoms with Gasteiger partial charge >= 0.3 is 6.18 Å². The van der Waals surface area contributed by atoms with Crippen LogP contribution in [0.1, 0.15) is 75.5 Å². The Morgan fingerprint density at radius 2 is 1.66 bits per heavy atom. The highest BCUT2D eigenvalue weighted by Crippen LogP contribution is 2.42. The summed E-state index contributed by atoms with van der Waals surface area (Å²) in [7, 11) is 0. The van der Waals surface area contributed by atoms with Crippen molar-refractivity contribution in [2.75, 3.05) is 49.4 Å². The number of benzene rings is 2. The molecule has 6 rings (SSSR count). The Morgan fingerprint density at radius 3 is 2.29 bits per heavy atom. The Morgan fingerprint density at radius 1 is 0.985 bits per heavy atom. The number of nitrogens with zero attached hydrogens (tertiary/aromatic N) is 6. The fourth-order valence-corrected chi connectivity index (χ4v) is 9.26. The number of ether oxygens (including phenoxy) is 3. The number of hydrogen-bond donors (Lipinski definition) is 2. The minimum Gasteiger partial charge on any atom is -0.475 e. The van der Waals surface area contributed by atoms with Crippen LogP contribution in [0.3, 0.4) is 0 Å². The van der Waals surface area contributed by atoms with Gasteiger partial charge in [0.1, 0.15) is 36.4 Å². The molecule has 4 heterocycles. The molecule has 2 N–H and O–H groups in total. The lowest BCUT2D eigenvalue weighted by atomic mass is 9.85. The number of amides is 4. The van der Waals surface area contributed by atoms with Gasteiger partial charge in [-0.25, -0.2) is 14.4 Å². The Hall–Kier alpha value is -6.08. The molecular weight excluding hydrogens is 929 g/mol. The molecule has 21 heteroatoms. The van der Waals surface area contributed by atoms with Gasteiger partial charge in [-0.05, 0) is 87.5 Å². The molecule has 68 heavy (non-hydrogen) atoms. The highest BCUT2D eigenvalue weighted by molar-refractivity contribution is 7.81. The highest BCUT2D eigenvalue weighted by Gasteiger charge is 2.52. The predicted molar refractivity (Wildman–Crippen MR) is 249 cm³/mol. The van der Waals surface area contributed by atoms with E-state index in [0.29, 0.717) is 42.2 Å². The minimum atomic E-state index is -5.21. The van der Waals surface area contributed by atoms with Crippen molar-refractivity contribution in [1.29, 1.82) is 5.26 Å². The molecule has 2 atom stereocenters. The fraction of sp³-hybridized carbons (Fsp3) is 0.447. The Bertz CT molecular complexity index is 2590. The molecule has 2 fully saturated rings. The van der Waals surface area contributed by atoms with Crippen molar-refractivity contribution in [3.8, 4) is 22.4 Å². The van der Waals surface area contributed by atoms with Crippen LogP contribution < -0.4 is 25.2 Å². The quantitative estimate of drug-likeness (QED) is 0.0629. The van der Waals surface area contributed by atoms with Gasteiger partial charge in [0.05, 0.1) is 64.6 Å². The maximum atomic E-state index is 15.4. The molecule has 0 aliphatic carbocycles. The second-order valence-electron chi connectivity index (χ2n) is 17.8. The lowest BCUT2D eigenvalue weighted by molar-refractivity contribution is -0.144. The number of carbonyl (C=O) groups is 4. The van der Waals surface area contributed by atoms with E-state index in [-0.39, 0.29) is 55.8 Å². The second-order valence-corrected chi connectivity index (χ2v) is 19.0. The first-order valence-electron chi connectivity index (χ1n) is 21.7.